The summed E-state index contributed by atoms with van der Waals surface area (Å²) in [6.07, 6.45) is 0. The monoisotopic (exact) mass is 376 g/mol. The summed E-state index contributed by atoms with van der Waals surface area (Å²) in [6, 6.07) is 11.3. The van der Waals surface area contributed by atoms with E-state index in [-0.39, 0.29) is 16.0 Å². The summed E-state index contributed by atoms with van der Waals surface area (Å²) in [7, 11) is -2.70. The normalized spacial score (nSPS) is 10.7. The van der Waals surface area contributed by atoms with Gasteiger partial charge in [0.1, 0.15) is 0 Å². The first-order chi connectivity index (χ1) is 12.2. The summed E-state index contributed by atoms with van der Waals surface area (Å²) in [5.74, 6) is -1.74. The Balaban J connectivity index is 2.15. The lowest BCUT2D eigenvalue weighted by atomic mass is 10.1. The number of carbonyl (C=O) groups excluding carboxylic acids is 3. The fraction of sp³-hybridized carbons (Fsp3) is 0.118. The third kappa shape index (κ3) is 4.67. The number of esters is 1. The van der Waals surface area contributed by atoms with Gasteiger partial charge in [-0.05, 0) is 42.5 Å². The minimum atomic E-state index is -3.94. The maximum Gasteiger partial charge on any atom is 0.337 e. The van der Waals surface area contributed by atoms with E-state index >= 15 is 0 Å². The van der Waals surface area contributed by atoms with E-state index in [0.717, 1.165) is 6.92 Å². The molecule has 0 radical (unpaired) electrons. The van der Waals surface area contributed by atoms with Crippen LogP contribution >= 0.6 is 0 Å². The van der Waals surface area contributed by atoms with Crippen molar-refractivity contribution in [3.8, 4) is 0 Å². The van der Waals surface area contributed by atoms with Crippen molar-refractivity contribution in [2.24, 2.45) is 0 Å². The Morgan fingerprint density at radius 3 is 2.15 bits per heavy atom. The van der Waals surface area contributed by atoms with Crippen LogP contribution in [0.2, 0.25) is 0 Å². The molecule has 0 atom stereocenters. The largest absolute Gasteiger partial charge is 0.465 e. The van der Waals surface area contributed by atoms with Crippen molar-refractivity contribution in [3.05, 3.63) is 59.7 Å². The highest BCUT2D eigenvalue weighted by Crippen LogP contribution is 2.15. The zero-order chi connectivity index (χ0) is 19.3. The van der Waals surface area contributed by atoms with Crippen molar-refractivity contribution >= 4 is 33.5 Å². The van der Waals surface area contributed by atoms with E-state index in [4.69, 9.17) is 0 Å². The number of nitrogens with one attached hydrogen (secondary N) is 2. The second-order valence-corrected chi connectivity index (χ2v) is 6.89. The molecule has 26 heavy (non-hydrogen) atoms. The van der Waals surface area contributed by atoms with E-state index in [1.54, 1.807) is 6.07 Å². The van der Waals surface area contributed by atoms with E-state index in [1.807, 2.05) is 4.72 Å². The van der Waals surface area contributed by atoms with Gasteiger partial charge in [-0.2, -0.15) is 0 Å². The van der Waals surface area contributed by atoms with Gasteiger partial charge in [0.2, 0.25) is 5.91 Å². The number of anilines is 1. The van der Waals surface area contributed by atoms with Crippen molar-refractivity contribution in [1.82, 2.24) is 4.72 Å². The van der Waals surface area contributed by atoms with Crippen molar-refractivity contribution in [2.45, 2.75) is 11.8 Å². The van der Waals surface area contributed by atoms with Crippen LogP contribution in [0.15, 0.2) is 53.4 Å². The molecule has 2 amide bonds. The summed E-state index contributed by atoms with van der Waals surface area (Å²) < 4.78 is 30.2. The molecule has 2 N–H and O–H groups in total. The summed E-state index contributed by atoms with van der Waals surface area (Å²) in [4.78, 5) is 34.6. The second kappa shape index (κ2) is 7.79. The van der Waals surface area contributed by atoms with E-state index in [9.17, 15) is 22.8 Å². The number of carbonyl (C=O) groups is 3. The molecule has 0 saturated carbocycles. The van der Waals surface area contributed by atoms with Gasteiger partial charge in [0, 0.05) is 18.2 Å². The Kier molecular flexibility index (Phi) is 5.73. The molecule has 8 nitrogen and oxygen atoms in total. The zero-order valence-corrected chi connectivity index (χ0v) is 14.8. The Hall–Kier alpha value is -3.20. The molecule has 136 valence electrons. The Labute approximate surface area is 150 Å². The van der Waals surface area contributed by atoms with Gasteiger partial charge < -0.3 is 10.1 Å². The third-order valence-corrected chi connectivity index (χ3v) is 4.70. The number of ether oxygens (including phenoxy) is 1. The quantitative estimate of drug-likeness (QED) is 0.764. The van der Waals surface area contributed by atoms with Crippen LogP contribution in [0.3, 0.4) is 0 Å². The molecule has 9 heteroatoms. The average molecular weight is 376 g/mol. The van der Waals surface area contributed by atoms with Gasteiger partial charge >= 0.3 is 5.97 Å². The number of sulfonamides is 1. The second-order valence-electron chi connectivity index (χ2n) is 5.21. The minimum absolute atomic E-state index is 0.113. The first-order valence-electron chi connectivity index (χ1n) is 7.36. The van der Waals surface area contributed by atoms with E-state index in [2.05, 4.69) is 10.1 Å². The van der Waals surface area contributed by atoms with E-state index in [0.29, 0.717) is 5.69 Å². The number of benzene rings is 2. The molecule has 0 aliphatic heterocycles. The fourth-order valence-electron chi connectivity index (χ4n) is 2.07. The molecule has 0 bridgehead atoms. The Morgan fingerprint density at radius 1 is 0.962 bits per heavy atom. The standard InChI is InChI=1S/C17H16N2O6S/c1-11(20)19-26(23,24)15-8-6-14(7-9-15)18-16(21)12-4-3-5-13(10-12)17(22)25-2/h3-10H,1-2H3,(H,18,21)(H,19,20). The van der Waals surface area contributed by atoms with Gasteiger partial charge in [-0.15, -0.1) is 0 Å². The van der Waals surface area contributed by atoms with Gasteiger partial charge in [-0.3, -0.25) is 9.59 Å². The van der Waals surface area contributed by atoms with Gasteiger partial charge in [-0.25, -0.2) is 17.9 Å². The van der Waals surface area contributed by atoms with Crippen LogP contribution in [0.4, 0.5) is 5.69 Å². The highest BCUT2D eigenvalue weighted by atomic mass is 32.2. The molecule has 0 aliphatic rings. The molecule has 0 unspecified atom stereocenters. The van der Waals surface area contributed by atoms with E-state index in [1.165, 1.54) is 49.6 Å². The molecule has 0 aliphatic carbocycles. The summed E-state index contributed by atoms with van der Waals surface area (Å²) in [5, 5.41) is 2.59. The van der Waals surface area contributed by atoms with E-state index < -0.39 is 27.8 Å². The fourth-order valence-corrected chi connectivity index (χ4v) is 3.06. The van der Waals surface area contributed by atoms with Crippen LogP contribution in [0.5, 0.6) is 0 Å². The van der Waals surface area contributed by atoms with Crippen LogP contribution in [0, 0.1) is 0 Å². The number of hydrogen-bond donors (Lipinski definition) is 2. The van der Waals surface area contributed by atoms with Crippen LogP contribution in [0.1, 0.15) is 27.6 Å². The smallest absolute Gasteiger partial charge is 0.337 e. The molecule has 2 aromatic carbocycles. The third-order valence-electron chi connectivity index (χ3n) is 3.25. The minimum Gasteiger partial charge on any atom is -0.465 e. The molecule has 0 heterocycles. The van der Waals surface area contributed by atoms with Crippen LogP contribution in [0.25, 0.3) is 0 Å². The SMILES string of the molecule is COC(=O)c1cccc(C(=O)Nc2ccc(S(=O)(=O)NC(C)=O)cc2)c1. The van der Waals surface area contributed by atoms with Crippen LogP contribution in [-0.2, 0) is 19.6 Å². The maximum absolute atomic E-state index is 12.3. The lowest BCUT2D eigenvalue weighted by Gasteiger charge is -2.08. The molecule has 0 saturated heterocycles. The zero-order valence-electron chi connectivity index (χ0n) is 14.0. The predicted octanol–water partition coefficient (Wildman–Crippen LogP) is 1.55. The molecule has 0 spiro atoms. The molecular formula is C17H16N2O6S. The first-order valence-corrected chi connectivity index (χ1v) is 8.84. The van der Waals surface area contributed by atoms with Crippen molar-refractivity contribution < 1.29 is 27.5 Å². The lowest BCUT2D eigenvalue weighted by molar-refractivity contribution is -0.117. The average Bonchev–Trinajstić information content (AvgIpc) is 2.60. The Morgan fingerprint density at radius 2 is 1.58 bits per heavy atom. The predicted molar refractivity (Wildman–Crippen MR) is 93.2 cm³/mol. The molecule has 2 rings (SSSR count). The highest BCUT2D eigenvalue weighted by Gasteiger charge is 2.16. The van der Waals surface area contributed by atoms with Crippen LogP contribution in [-0.4, -0.2) is 33.3 Å². The highest BCUT2D eigenvalue weighted by molar-refractivity contribution is 7.90. The van der Waals surface area contributed by atoms with Gasteiger partial charge in [-0.1, -0.05) is 6.07 Å². The van der Waals surface area contributed by atoms with Gasteiger partial charge in [0.15, 0.2) is 0 Å². The number of methoxy groups -OCH3 is 1. The maximum atomic E-state index is 12.3. The van der Waals surface area contributed by atoms with Crippen molar-refractivity contribution in [3.63, 3.8) is 0 Å². The number of hydrogen-bond acceptors (Lipinski definition) is 6. The summed E-state index contributed by atoms with van der Waals surface area (Å²) >= 11 is 0. The molecule has 0 aromatic heterocycles. The lowest BCUT2D eigenvalue weighted by Crippen LogP contribution is -2.28. The van der Waals surface area contributed by atoms with Gasteiger partial charge in [0.25, 0.3) is 15.9 Å². The van der Waals surface area contributed by atoms with Crippen molar-refractivity contribution in [2.75, 3.05) is 12.4 Å². The summed E-state index contributed by atoms with van der Waals surface area (Å²) in [5.41, 5.74) is 0.819. The first kappa shape index (κ1) is 19.1. The molecule has 0 fully saturated rings. The molecule has 2 aromatic rings. The Bertz CT molecular complexity index is 951. The van der Waals surface area contributed by atoms with Gasteiger partial charge in [0.05, 0.1) is 17.6 Å². The summed E-state index contributed by atoms with van der Waals surface area (Å²) in [6.45, 7) is 1.09. The number of amides is 2. The van der Waals surface area contributed by atoms with Crippen LogP contribution < -0.4 is 10.0 Å². The number of rotatable bonds is 5. The van der Waals surface area contributed by atoms with Crippen molar-refractivity contribution in [1.29, 1.82) is 0 Å². The topological polar surface area (TPSA) is 119 Å². The molecular weight excluding hydrogens is 360 g/mol.